The number of carbonyl (C=O) groups excluding carboxylic acids is 2. The summed E-state index contributed by atoms with van der Waals surface area (Å²) in [5, 5.41) is -5.04. The average Bonchev–Trinajstić information content (AvgIpc) is 2.48. The van der Waals surface area contributed by atoms with Gasteiger partial charge in [0.25, 0.3) is 0 Å². The summed E-state index contributed by atoms with van der Waals surface area (Å²) in [7, 11) is -5.90. The van der Waals surface area contributed by atoms with E-state index in [1.165, 1.54) is 0 Å². The van der Waals surface area contributed by atoms with E-state index < -0.39 is 45.9 Å². The van der Waals surface area contributed by atoms with Gasteiger partial charge in [-0.05, 0) is 56.3 Å². The average molecular weight is 382 g/mol. The molecule has 0 radical (unpaired) electrons. The van der Waals surface area contributed by atoms with Gasteiger partial charge >= 0.3 is 27.3 Å². The lowest BCUT2D eigenvalue weighted by Gasteiger charge is -2.55. The van der Waals surface area contributed by atoms with Crippen molar-refractivity contribution in [2.45, 2.75) is 43.8 Å². The molecular weight excluding hydrogens is 362 g/mol. The maximum Gasteiger partial charge on any atom is 0.465 e. The topological polar surface area (TPSA) is 107 Å². The van der Waals surface area contributed by atoms with E-state index in [4.69, 9.17) is 9.29 Å². The number of rotatable bonds is 6. The summed E-state index contributed by atoms with van der Waals surface area (Å²) in [4.78, 5) is 23.5. The highest BCUT2D eigenvalue weighted by Gasteiger charge is 2.56. The fourth-order valence-corrected chi connectivity index (χ4v) is 5.24. The first-order chi connectivity index (χ1) is 11.5. The molecule has 4 rings (SSSR count). The van der Waals surface area contributed by atoms with E-state index in [9.17, 15) is 26.8 Å². The monoisotopic (exact) mass is 382 g/mol. The third-order valence-electron chi connectivity index (χ3n) is 5.58. The second-order valence-electron chi connectivity index (χ2n) is 7.46. The molecule has 0 aromatic rings. The molecule has 0 aliphatic heterocycles. The lowest BCUT2D eigenvalue weighted by molar-refractivity contribution is -0.176. The first-order valence-electron chi connectivity index (χ1n) is 8.23. The molecule has 4 bridgehead atoms. The Hall–Kier alpha value is -1.29. The highest BCUT2D eigenvalue weighted by atomic mass is 32.2. The molecule has 4 aliphatic rings. The van der Waals surface area contributed by atoms with Crippen molar-refractivity contribution >= 4 is 22.1 Å². The van der Waals surface area contributed by atoms with Crippen molar-refractivity contribution in [1.82, 2.24) is 0 Å². The fraction of sp³-hybridized carbons (Fsp3) is 0.867. The van der Waals surface area contributed by atoms with E-state index in [1.54, 1.807) is 0 Å². The van der Waals surface area contributed by atoms with Crippen LogP contribution in [0.4, 0.5) is 8.78 Å². The van der Waals surface area contributed by atoms with Crippen LogP contribution in [-0.2, 0) is 29.2 Å². The van der Waals surface area contributed by atoms with E-state index in [-0.39, 0.29) is 0 Å². The minimum atomic E-state index is -5.90. The van der Waals surface area contributed by atoms with Gasteiger partial charge in [0.05, 0.1) is 5.41 Å². The summed E-state index contributed by atoms with van der Waals surface area (Å²) in [5.74, 6) is -1.20. The molecule has 142 valence electrons. The molecule has 10 heteroatoms. The standard InChI is InChI=1S/C15H20F2O7S/c16-15(17,25(20,21)22)13(19)24-2-1-23-12(18)14-6-9-3-10(7-14)5-11(4-9)8-14/h9-11H,1-8H2,(H,20,21,22). The number of carbonyl (C=O) groups is 2. The number of hydrogen-bond acceptors (Lipinski definition) is 6. The number of halogens is 2. The van der Waals surface area contributed by atoms with Gasteiger partial charge in [0.2, 0.25) is 0 Å². The summed E-state index contributed by atoms with van der Waals surface area (Å²) in [6.45, 7) is -1.14. The SMILES string of the molecule is O=C(OCCOC(=O)C(F)(F)S(=O)(=O)O)C12CC3CC(CC(C3)C1)C2. The predicted octanol–water partition coefficient (Wildman–Crippen LogP) is 1.77. The Morgan fingerprint density at radius 3 is 1.88 bits per heavy atom. The Bertz CT molecular complexity index is 638. The van der Waals surface area contributed by atoms with Crippen LogP contribution in [0.15, 0.2) is 0 Å². The molecule has 0 spiro atoms. The molecule has 0 aromatic heterocycles. The molecule has 0 saturated heterocycles. The quantitative estimate of drug-likeness (QED) is 0.424. The van der Waals surface area contributed by atoms with Crippen molar-refractivity contribution in [3.63, 3.8) is 0 Å². The molecule has 7 nitrogen and oxygen atoms in total. The molecule has 4 saturated carbocycles. The van der Waals surface area contributed by atoms with Crippen LogP contribution in [0.3, 0.4) is 0 Å². The zero-order valence-electron chi connectivity index (χ0n) is 13.4. The van der Waals surface area contributed by atoms with Crippen molar-refractivity contribution in [2.75, 3.05) is 13.2 Å². The van der Waals surface area contributed by atoms with Gasteiger partial charge in [0.15, 0.2) is 0 Å². The van der Waals surface area contributed by atoms with Crippen molar-refractivity contribution in [3.8, 4) is 0 Å². The van der Waals surface area contributed by atoms with Gasteiger partial charge in [0, 0.05) is 0 Å². The normalized spacial score (nSPS) is 34.0. The largest absolute Gasteiger partial charge is 0.465 e. The van der Waals surface area contributed by atoms with Gasteiger partial charge in [-0.3, -0.25) is 9.35 Å². The van der Waals surface area contributed by atoms with Gasteiger partial charge in [-0.15, -0.1) is 0 Å². The van der Waals surface area contributed by atoms with Gasteiger partial charge in [-0.25, -0.2) is 4.79 Å². The zero-order valence-corrected chi connectivity index (χ0v) is 14.3. The number of hydrogen-bond donors (Lipinski definition) is 1. The first-order valence-corrected chi connectivity index (χ1v) is 9.67. The Labute approximate surface area is 143 Å². The van der Waals surface area contributed by atoms with Crippen LogP contribution >= 0.6 is 0 Å². The first kappa shape index (κ1) is 18.5. The maximum absolute atomic E-state index is 13.0. The van der Waals surface area contributed by atoms with E-state index in [0.717, 1.165) is 38.5 Å². The number of esters is 2. The highest BCUT2D eigenvalue weighted by Crippen LogP contribution is 2.60. The minimum absolute atomic E-state index is 0.399. The molecule has 1 N–H and O–H groups in total. The zero-order chi connectivity index (χ0) is 18.5. The highest BCUT2D eigenvalue weighted by molar-refractivity contribution is 7.87. The summed E-state index contributed by atoms with van der Waals surface area (Å²) in [5.41, 5.74) is -0.517. The predicted molar refractivity (Wildman–Crippen MR) is 79.0 cm³/mol. The Kier molecular flexibility index (Phi) is 4.55. The second-order valence-corrected chi connectivity index (χ2v) is 8.92. The van der Waals surface area contributed by atoms with Crippen molar-refractivity contribution in [3.05, 3.63) is 0 Å². The summed E-state index contributed by atoms with van der Waals surface area (Å²) < 4.78 is 64.3. The lowest BCUT2D eigenvalue weighted by Crippen LogP contribution is -2.50. The summed E-state index contributed by atoms with van der Waals surface area (Å²) >= 11 is 0. The van der Waals surface area contributed by atoms with Gasteiger partial charge in [-0.2, -0.15) is 17.2 Å². The van der Waals surface area contributed by atoms with Crippen LogP contribution in [0, 0.1) is 23.2 Å². The van der Waals surface area contributed by atoms with Gasteiger partial charge in [-0.1, -0.05) is 0 Å². The smallest absolute Gasteiger partial charge is 0.462 e. The van der Waals surface area contributed by atoms with Crippen molar-refractivity contribution in [1.29, 1.82) is 0 Å². The van der Waals surface area contributed by atoms with Crippen LogP contribution in [0.2, 0.25) is 0 Å². The van der Waals surface area contributed by atoms with Crippen LogP contribution < -0.4 is 0 Å². The van der Waals surface area contributed by atoms with Gasteiger partial charge in [0.1, 0.15) is 13.2 Å². The Balaban J connectivity index is 1.48. The molecule has 0 unspecified atom stereocenters. The van der Waals surface area contributed by atoms with Crippen molar-refractivity contribution < 1.29 is 40.8 Å². The molecule has 4 aliphatic carbocycles. The molecular formula is C15H20F2O7S. The fourth-order valence-electron chi connectivity index (χ4n) is 4.97. The minimum Gasteiger partial charge on any atom is -0.462 e. The van der Waals surface area contributed by atoms with Crippen molar-refractivity contribution in [2.24, 2.45) is 23.2 Å². The van der Waals surface area contributed by atoms with Crippen LogP contribution in [0.25, 0.3) is 0 Å². The molecule has 4 fully saturated rings. The summed E-state index contributed by atoms with van der Waals surface area (Å²) in [6, 6.07) is 0. The van der Waals surface area contributed by atoms with E-state index in [1.807, 2.05) is 0 Å². The summed E-state index contributed by atoms with van der Waals surface area (Å²) in [6.07, 6.45) is 5.77. The molecule has 25 heavy (non-hydrogen) atoms. The third-order valence-corrected chi connectivity index (χ3v) is 6.40. The van der Waals surface area contributed by atoms with Crippen LogP contribution in [0.5, 0.6) is 0 Å². The van der Waals surface area contributed by atoms with Crippen LogP contribution in [-0.4, -0.2) is 43.4 Å². The van der Waals surface area contributed by atoms with E-state index >= 15 is 0 Å². The Morgan fingerprint density at radius 1 is 1.00 bits per heavy atom. The lowest BCUT2D eigenvalue weighted by atomic mass is 9.49. The molecule has 0 aromatic carbocycles. The Morgan fingerprint density at radius 2 is 1.44 bits per heavy atom. The number of alkyl halides is 2. The molecule has 0 atom stereocenters. The van der Waals surface area contributed by atoms with Crippen LogP contribution in [0.1, 0.15) is 38.5 Å². The van der Waals surface area contributed by atoms with E-state index in [2.05, 4.69) is 4.74 Å². The molecule has 0 amide bonds. The molecule has 0 heterocycles. The van der Waals surface area contributed by atoms with E-state index in [0.29, 0.717) is 17.8 Å². The third kappa shape index (κ3) is 3.38. The number of ether oxygens (including phenoxy) is 2. The van der Waals surface area contributed by atoms with Gasteiger partial charge < -0.3 is 9.47 Å². The second kappa shape index (κ2) is 6.15. The maximum atomic E-state index is 13.0.